The van der Waals surface area contributed by atoms with Crippen LogP contribution in [0.25, 0.3) is 0 Å². The SMILES string of the molecule is CCc1cc(OC)c(I)cc1Oc1cnc(N)nc1N.CI. The van der Waals surface area contributed by atoms with Crippen LogP contribution in [-0.4, -0.2) is 22.0 Å². The lowest BCUT2D eigenvalue weighted by molar-refractivity contribution is 0.408. The van der Waals surface area contributed by atoms with Crippen LogP contribution < -0.4 is 20.9 Å². The Morgan fingerprint density at radius 1 is 1.14 bits per heavy atom. The Hall–Kier alpha value is -1.04. The van der Waals surface area contributed by atoms with Gasteiger partial charge in [-0.3, -0.25) is 0 Å². The van der Waals surface area contributed by atoms with Crippen LogP contribution in [0.4, 0.5) is 11.8 Å². The molecule has 4 N–H and O–H groups in total. The van der Waals surface area contributed by atoms with Crippen molar-refractivity contribution in [2.75, 3.05) is 23.5 Å². The molecule has 0 aliphatic carbocycles. The van der Waals surface area contributed by atoms with E-state index in [1.807, 2.05) is 24.0 Å². The van der Waals surface area contributed by atoms with Crippen molar-refractivity contribution in [3.8, 4) is 17.2 Å². The highest BCUT2D eigenvalue weighted by atomic mass is 127. The molecular formula is C14H18I2N4O2. The van der Waals surface area contributed by atoms with Crippen LogP contribution in [0.5, 0.6) is 17.2 Å². The summed E-state index contributed by atoms with van der Waals surface area (Å²) in [6, 6.07) is 3.85. The van der Waals surface area contributed by atoms with Crippen LogP contribution in [0, 0.1) is 3.57 Å². The molecule has 0 spiro atoms. The number of nitrogens with two attached hydrogens (primary N) is 2. The molecule has 6 nitrogen and oxygen atoms in total. The molecule has 0 saturated heterocycles. The number of ether oxygens (including phenoxy) is 2. The number of rotatable bonds is 4. The molecular weight excluding hydrogens is 510 g/mol. The molecule has 0 unspecified atom stereocenters. The molecule has 0 radical (unpaired) electrons. The van der Waals surface area contributed by atoms with Gasteiger partial charge in [-0.2, -0.15) is 4.98 Å². The predicted octanol–water partition coefficient (Wildman–Crippen LogP) is 3.66. The van der Waals surface area contributed by atoms with Crippen LogP contribution in [-0.2, 0) is 6.42 Å². The highest BCUT2D eigenvalue weighted by molar-refractivity contribution is 14.1. The summed E-state index contributed by atoms with van der Waals surface area (Å²) in [7, 11) is 1.64. The van der Waals surface area contributed by atoms with Gasteiger partial charge in [0.2, 0.25) is 5.95 Å². The first kappa shape index (κ1) is 19.0. The van der Waals surface area contributed by atoms with Gasteiger partial charge in [0.25, 0.3) is 0 Å². The fourth-order valence-electron chi connectivity index (χ4n) is 1.70. The van der Waals surface area contributed by atoms with E-state index in [4.69, 9.17) is 20.9 Å². The van der Waals surface area contributed by atoms with E-state index in [-0.39, 0.29) is 11.8 Å². The third-order valence-corrected chi connectivity index (χ3v) is 3.58. The number of nitrogens with zero attached hydrogens (tertiary/aromatic N) is 2. The fraction of sp³-hybridized carbons (Fsp3) is 0.286. The van der Waals surface area contributed by atoms with Crippen LogP contribution in [0.15, 0.2) is 18.3 Å². The van der Waals surface area contributed by atoms with Crippen molar-refractivity contribution in [2.24, 2.45) is 0 Å². The van der Waals surface area contributed by atoms with E-state index in [0.717, 1.165) is 21.3 Å². The van der Waals surface area contributed by atoms with E-state index in [1.54, 1.807) is 7.11 Å². The van der Waals surface area contributed by atoms with Gasteiger partial charge in [-0.25, -0.2) is 4.98 Å². The Kier molecular flexibility index (Phi) is 7.93. The minimum absolute atomic E-state index is 0.120. The quantitative estimate of drug-likeness (QED) is 0.465. The Morgan fingerprint density at radius 2 is 1.82 bits per heavy atom. The second-order valence-corrected chi connectivity index (χ2v) is 5.19. The van der Waals surface area contributed by atoms with Crippen LogP contribution in [0.2, 0.25) is 0 Å². The lowest BCUT2D eigenvalue weighted by atomic mass is 10.1. The summed E-state index contributed by atoms with van der Waals surface area (Å²) in [5.41, 5.74) is 12.2. The predicted molar refractivity (Wildman–Crippen MR) is 106 cm³/mol. The van der Waals surface area contributed by atoms with E-state index in [1.165, 1.54) is 6.20 Å². The van der Waals surface area contributed by atoms with E-state index in [0.29, 0.717) is 11.5 Å². The lowest BCUT2D eigenvalue weighted by Crippen LogP contribution is -2.02. The summed E-state index contributed by atoms with van der Waals surface area (Å²) in [6.07, 6.45) is 2.27. The fourth-order valence-corrected chi connectivity index (χ4v) is 2.36. The number of anilines is 2. The van der Waals surface area contributed by atoms with E-state index in [2.05, 4.69) is 55.1 Å². The van der Waals surface area contributed by atoms with Gasteiger partial charge in [0, 0.05) is 0 Å². The summed E-state index contributed by atoms with van der Waals surface area (Å²) in [5, 5.41) is 0. The molecule has 22 heavy (non-hydrogen) atoms. The van der Waals surface area contributed by atoms with Gasteiger partial charge in [0.05, 0.1) is 16.9 Å². The Morgan fingerprint density at radius 3 is 2.36 bits per heavy atom. The molecule has 2 aromatic rings. The maximum absolute atomic E-state index is 5.80. The van der Waals surface area contributed by atoms with Crippen molar-refractivity contribution in [1.82, 2.24) is 9.97 Å². The normalized spacial score (nSPS) is 9.68. The Balaban J connectivity index is 0.00000116. The number of hydrogen-bond acceptors (Lipinski definition) is 6. The van der Waals surface area contributed by atoms with Crippen LogP contribution in [0.1, 0.15) is 12.5 Å². The Labute approximate surface area is 157 Å². The second-order valence-electron chi connectivity index (χ2n) is 4.03. The van der Waals surface area contributed by atoms with Gasteiger partial charge in [-0.05, 0) is 51.6 Å². The van der Waals surface area contributed by atoms with E-state index in [9.17, 15) is 0 Å². The maximum Gasteiger partial charge on any atom is 0.222 e. The average molecular weight is 528 g/mol. The Bertz CT molecular complexity index is 638. The monoisotopic (exact) mass is 528 g/mol. The van der Waals surface area contributed by atoms with Gasteiger partial charge < -0.3 is 20.9 Å². The van der Waals surface area contributed by atoms with E-state index < -0.39 is 0 Å². The van der Waals surface area contributed by atoms with Gasteiger partial charge in [-0.1, -0.05) is 29.5 Å². The average Bonchev–Trinajstić information content (AvgIpc) is 2.52. The molecule has 1 aromatic carbocycles. The molecule has 0 saturated carbocycles. The first-order valence-corrected chi connectivity index (χ1v) is 9.58. The molecule has 8 heteroatoms. The standard InChI is InChI=1S/C13H15IN4O2.CH3I/c1-3-7-4-10(19-2)8(14)5-9(7)20-11-6-17-13(16)18-12(11)15;1-2/h4-6H,3H2,1-2H3,(H4,15,16,17,18);1H3. The summed E-state index contributed by atoms with van der Waals surface area (Å²) < 4.78 is 12.1. The third kappa shape index (κ3) is 4.73. The maximum atomic E-state index is 5.80. The molecule has 0 bridgehead atoms. The van der Waals surface area contributed by atoms with Crippen LogP contribution >= 0.6 is 45.2 Å². The summed E-state index contributed by atoms with van der Waals surface area (Å²) in [5.74, 6) is 2.24. The molecule has 120 valence electrons. The zero-order valence-corrected chi connectivity index (χ0v) is 16.9. The van der Waals surface area contributed by atoms with Crippen LogP contribution in [0.3, 0.4) is 0 Å². The lowest BCUT2D eigenvalue weighted by Gasteiger charge is -2.13. The van der Waals surface area contributed by atoms with Crippen molar-refractivity contribution in [1.29, 1.82) is 0 Å². The number of methoxy groups -OCH3 is 1. The second kappa shape index (κ2) is 9.18. The first-order chi connectivity index (χ1) is 10.5. The molecule has 0 amide bonds. The van der Waals surface area contributed by atoms with Crippen molar-refractivity contribution >= 4 is 56.9 Å². The number of aryl methyl sites for hydroxylation is 1. The van der Waals surface area contributed by atoms with Crippen molar-refractivity contribution in [3.63, 3.8) is 0 Å². The minimum atomic E-state index is 0.120. The highest BCUT2D eigenvalue weighted by Gasteiger charge is 2.12. The first-order valence-electron chi connectivity index (χ1n) is 6.35. The zero-order chi connectivity index (χ0) is 16.7. The number of hydrogen-bond donors (Lipinski definition) is 2. The number of nitrogen functional groups attached to an aromatic ring is 2. The van der Waals surface area contributed by atoms with E-state index >= 15 is 0 Å². The molecule has 0 aliphatic heterocycles. The van der Waals surface area contributed by atoms with Gasteiger partial charge in [-0.15, -0.1) is 0 Å². The number of benzene rings is 1. The molecule has 0 fully saturated rings. The van der Waals surface area contributed by atoms with Gasteiger partial charge in [0.15, 0.2) is 11.6 Å². The molecule has 0 aliphatic rings. The number of aromatic nitrogens is 2. The molecule has 1 aromatic heterocycles. The van der Waals surface area contributed by atoms with Crippen molar-refractivity contribution < 1.29 is 9.47 Å². The zero-order valence-electron chi connectivity index (χ0n) is 12.6. The molecule has 2 rings (SSSR count). The third-order valence-electron chi connectivity index (χ3n) is 2.74. The summed E-state index contributed by atoms with van der Waals surface area (Å²) in [6.45, 7) is 2.04. The largest absolute Gasteiger partial charge is 0.496 e. The summed E-state index contributed by atoms with van der Waals surface area (Å²) in [4.78, 5) is 9.73. The van der Waals surface area contributed by atoms with Crippen molar-refractivity contribution in [3.05, 3.63) is 27.5 Å². The minimum Gasteiger partial charge on any atom is -0.496 e. The smallest absolute Gasteiger partial charge is 0.222 e. The van der Waals surface area contributed by atoms with Crippen molar-refractivity contribution in [2.45, 2.75) is 13.3 Å². The number of halogens is 2. The highest BCUT2D eigenvalue weighted by Crippen LogP contribution is 2.34. The summed E-state index contributed by atoms with van der Waals surface area (Å²) >= 11 is 4.34. The topological polar surface area (TPSA) is 96.3 Å². The van der Waals surface area contributed by atoms with Gasteiger partial charge >= 0.3 is 0 Å². The molecule has 1 heterocycles. The van der Waals surface area contributed by atoms with Gasteiger partial charge in [0.1, 0.15) is 11.5 Å². The number of alkyl halides is 1. The molecule has 0 atom stereocenters.